The third-order valence-corrected chi connectivity index (χ3v) is 6.38. The van der Waals surface area contributed by atoms with Crippen molar-refractivity contribution in [1.29, 1.82) is 0 Å². The highest BCUT2D eigenvalue weighted by atomic mass is 32.2. The number of ether oxygens (including phenoxy) is 1. The Morgan fingerprint density at radius 3 is 2.81 bits per heavy atom. The summed E-state index contributed by atoms with van der Waals surface area (Å²) >= 11 is 3.44. The first kappa shape index (κ1) is 19.6. The molecule has 1 heterocycles. The average Bonchev–Trinajstić information content (AvgIpc) is 3.08. The van der Waals surface area contributed by atoms with Gasteiger partial charge in [-0.15, -0.1) is 11.3 Å². The molecule has 1 aromatic heterocycles. The van der Waals surface area contributed by atoms with Gasteiger partial charge in [0, 0.05) is 11.8 Å². The summed E-state index contributed by atoms with van der Waals surface area (Å²) in [6, 6.07) is 14.7. The van der Waals surface area contributed by atoms with Gasteiger partial charge in [-0.1, -0.05) is 55.9 Å². The van der Waals surface area contributed by atoms with Crippen molar-refractivity contribution in [2.24, 2.45) is 0 Å². The molecule has 0 bridgehead atoms. The van der Waals surface area contributed by atoms with Crippen molar-refractivity contribution in [3.05, 3.63) is 65.2 Å². The molecule has 27 heavy (non-hydrogen) atoms. The van der Waals surface area contributed by atoms with Crippen molar-refractivity contribution in [3.63, 3.8) is 0 Å². The van der Waals surface area contributed by atoms with Crippen LogP contribution in [0.5, 0.6) is 0 Å². The maximum absolute atomic E-state index is 11.7. The molecular weight excluding hydrogens is 374 g/mol. The molecule has 0 aliphatic heterocycles. The molecule has 0 atom stereocenters. The summed E-state index contributed by atoms with van der Waals surface area (Å²) in [4.78, 5) is 16.4. The van der Waals surface area contributed by atoms with Crippen LogP contribution in [0.2, 0.25) is 0 Å². The molecule has 0 N–H and O–H groups in total. The zero-order chi connectivity index (χ0) is 19.2. The average molecular weight is 398 g/mol. The molecular formula is C22H23NO2S2. The highest BCUT2D eigenvalue weighted by Crippen LogP contribution is 2.32. The monoisotopic (exact) mass is 397 g/mol. The summed E-state index contributed by atoms with van der Waals surface area (Å²) in [6.45, 7) is 6.54. The molecule has 0 fully saturated rings. The second-order valence-electron chi connectivity index (χ2n) is 6.43. The molecule has 3 aromatic rings. The lowest BCUT2D eigenvalue weighted by atomic mass is 9.97. The van der Waals surface area contributed by atoms with Crippen LogP contribution in [-0.2, 0) is 15.3 Å². The van der Waals surface area contributed by atoms with Gasteiger partial charge in [0.1, 0.15) is 0 Å². The summed E-state index contributed by atoms with van der Waals surface area (Å²) in [5, 5.41) is 0. The van der Waals surface area contributed by atoms with E-state index in [4.69, 9.17) is 9.72 Å². The Morgan fingerprint density at radius 1 is 1.26 bits per heavy atom. The summed E-state index contributed by atoms with van der Waals surface area (Å²) in [5.41, 5.74) is 4.54. The number of thioether (sulfide) groups is 1. The summed E-state index contributed by atoms with van der Waals surface area (Å²) in [7, 11) is 0. The molecule has 5 heteroatoms. The molecule has 0 amide bonds. The van der Waals surface area contributed by atoms with Gasteiger partial charge in [0.25, 0.3) is 0 Å². The third kappa shape index (κ3) is 5.21. The fourth-order valence-electron chi connectivity index (χ4n) is 2.66. The molecule has 2 aromatic carbocycles. The number of carbonyl (C=O) groups is 1. The van der Waals surface area contributed by atoms with Crippen LogP contribution in [0.15, 0.2) is 52.9 Å². The van der Waals surface area contributed by atoms with Crippen LogP contribution in [0.1, 0.15) is 43.4 Å². The van der Waals surface area contributed by atoms with Gasteiger partial charge in [0.05, 0.1) is 16.8 Å². The molecule has 0 radical (unpaired) electrons. The minimum atomic E-state index is -0.308. The number of benzene rings is 2. The second-order valence-corrected chi connectivity index (χ2v) is 8.69. The molecule has 0 saturated carbocycles. The van der Waals surface area contributed by atoms with Gasteiger partial charge in [-0.25, -0.2) is 9.78 Å². The molecule has 0 aliphatic carbocycles. The van der Waals surface area contributed by atoms with Crippen molar-refractivity contribution < 1.29 is 9.53 Å². The van der Waals surface area contributed by atoms with Crippen LogP contribution in [0.3, 0.4) is 0 Å². The second kappa shape index (κ2) is 9.20. The van der Waals surface area contributed by atoms with E-state index in [1.165, 1.54) is 21.9 Å². The molecule has 3 nitrogen and oxygen atoms in total. The highest BCUT2D eigenvalue weighted by molar-refractivity contribution is 8.00. The number of esters is 1. The van der Waals surface area contributed by atoms with Gasteiger partial charge >= 0.3 is 5.97 Å². The maximum Gasteiger partial charge on any atom is 0.330 e. The molecule has 0 aliphatic rings. The number of fused-ring (bicyclic) bond motifs is 1. The Bertz CT molecular complexity index is 927. The standard InChI is InChI=1S/C22H23NO2S2/c1-4-25-21(24)12-11-17-13-16(15(2)3)9-10-18(17)14-26-22-23-19-7-5-6-8-20(19)27-22/h5-13,15H,4,14H2,1-3H3/b12-11+. The summed E-state index contributed by atoms with van der Waals surface area (Å²) < 4.78 is 7.27. The minimum Gasteiger partial charge on any atom is -0.463 e. The van der Waals surface area contributed by atoms with E-state index >= 15 is 0 Å². The highest BCUT2D eigenvalue weighted by Gasteiger charge is 2.09. The molecule has 0 saturated heterocycles. The zero-order valence-corrected chi connectivity index (χ0v) is 17.4. The van der Waals surface area contributed by atoms with Crippen LogP contribution in [-0.4, -0.2) is 17.6 Å². The van der Waals surface area contributed by atoms with E-state index in [1.807, 2.05) is 31.2 Å². The largest absolute Gasteiger partial charge is 0.463 e. The van der Waals surface area contributed by atoms with E-state index < -0.39 is 0 Å². The SMILES string of the molecule is CCOC(=O)/C=C/c1cc(C(C)C)ccc1CSc1nc2ccccc2s1. The van der Waals surface area contributed by atoms with Gasteiger partial charge in [0.15, 0.2) is 4.34 Å². The van der Waals surface area contributed by atoms with Crippen LogP contribution >= 0.6 is 23.1 Å². The molecule has 140 valence electrons. The molecule has 0 spiro atoms. The van der Waals surface area contributed by atoms with Gasteiger partial charge in [0.2, 0.25) is 0 Å². The van der Waals surface area contributed by atoms with Crippen molar-refractivity contribution in [3.8, 4) is 0 Å². The van der Waals surface area contributed by atoms with Crippen molar-refractivity contribution >= 4 is 45.4 Å². The normalized spacial score (nSPS) is 11.6. The smallest absolute Gasteiger partial charge is 0.330 e. The third-order valence-electron chi connectivity index (χ3n) is 4.15. The van der Waals surface area contributed by atoms with Gasteiger partial charge < -0.3 is 4.74 Å². The van der Waals surface area contributed by atoms with Crippen LogP contribution in [0.25, 0.3) is 16.3 Å². The number of hydrogen-bond acceptors (Lipinski definition) is 5. The van der Waals surface area contributed by atoms with Crippen molar-refractivity contribution in [1.82, 2.24) is 4.98 Å². The predicted molar refractivity (Wildman–Crippen MR) is 115 cm³/mol. The van der Waals surface area contributed by atoms with E-state index in [2.05, 4.69) is 38.1 Å². The number of para-hydroxylation sites is 1. The number of rotatable bonds is 7. The van der Waals surface area contributed by atoms with Crippen LogP contribution in [0.4, 0.5) is 0 Å². The van der Waals surface area contributed by atoms with Crippen molar-refractivity contribution in [2.45, 2.75) is 36.8 Å². The fourth-order valence-corrected chi connectivity index (χ4v) is 4.74. The zero-order valence-electron chi connectivity index (χ0n) is 15.8. The summed E-state index contributed by atoms with van der Waals surface area (Å²) in [5.74, 6) is 0.934. The Morgan fingerprint density at radius 2 is 2.07 bits per heavy atom. The Labute approximate surface area is 168 Å². The quantitative estimate of drug-likeness (QED) is 0.267. The van der Waals surface area contributed by atoms with Gasteiger partial charge in [-0.2, -0.15) is 0 Å². The fraction of sp³-hybridized carbons (Fsp3) is 0.273. The van der Waals surface area contributed by atoms with Gasteiger partial charge in [-0.05, 0) is 47.7 Å². The van der Waals surface area contributed by atoms with Crippen LogP contribution < -0.4 is 0 Å². The predicted octanol–water partition coefficient (Wildman–Crippen LogP) is 6.29. The molecule has 0 unspecified atom stereocenters. The number of nitrogens with zero attached hydrogens (tertiary/aromatic N) is 1. The summed E-state index contributed by atoms with van der Waals surface area (Å²) in [6.07, 6.45) is 3.37. The minimum absolute atomic E-state index is 0.308. The first-order chi connectivity index (χ1) is 13.1. The lowest BCUT2D eigenvalue weighted by Crippen LogP contribution is -1.99. The van der Waals surface area contributed by atoms with Gasteiger partial charge in [-0.3, -0.25) is 0 Å². The Balaban J connectivity index is 1.81. The Hall–Kier alpha value is -2.11. The topological polar surface area (TPSA) is 39.2 Å². The number of thiazole rings is 1. The first-order valence-electron chi connectivity index (χ1n) is 9.03. The molecule has 3 rings (SSSR count). The lowest BCUT2D eigenvalue weighted by Gasteiger charge is -2.11. The van der Waals surface area contributed by atoms with Crippen LogP contribution in [0, 0.1) is 0 Å². The first-order valence-corrected chi connectivity index (χ1v) is 10.8. The number of hydrogen-bond donors (Lipinski definition) is 0. The van der Waals surface area contributed by atoms with E-state index in [1.54, 1.807) is 23.1 Å². The number of carbonyl (C=O) groups excluding carboxylic acids is 1. The van der Waals surface area contributed by atoms with E-state index in [-0.39, 0.29) is 5.97 Å². The van der Waals surface area contributed by atoms with E-state index in [9.17, 15) is 4.79 Å². The Kier molecular flexibility index (Phi) is 6.69. The van der Waals surface area contributed by atoms with E-state index in [0.717, 1.165) is 21.2 Å². The number of aromatic nitrogens is 1. The van der Waals surface area contributed by atoms with E-state index in [0.29, 0.717) is 12.5 Å². The maximum atomic E-state index is 11.7. The lowest BCUT2D eigenvalue weighted by molar-refractivity contribution is -0.137. The van der Waals surface area contributed by atoms with Crippen molar-refractivity contribution in [2.75, 3.05) is 6.61 Å².